The first-order chi connectivity index (χ1) is 13.9. The number of alkyl halides is 3. The highest BCUT2D eigenvalue weighted by molar-refractivity contribution is 9.10. The number of benzene rings is 2. The van der Waals surface area contributed by atoms with Crippen molar-refractivity contribution in [3.63, 3.8) is 0 Å². The van der Waals surface area contributed by atoms with E-state index in [1.165, 1.54) is 0 Å². The minimum Gasteiger partial charge on any atom is -0.741 e. The molecule has 0 saturated heterocycles. The quantitative estimate of drug-likeness (QED) is 0.296. The molecule has 3 rings (SSSR count). The Morgan fingerprint density at radius 1 is 0.967 bits per heavy atom. The van der Waals surface area contributed by atoms with E-state index in [4.69, 9.17) is 17.7 Å². The third-order valence-corrected chi connectivity index (χ3v) is 4.92. The van der Waals surface area contributed by atoms with Gasteiger partial charge in [-0.15, -0.1) is 0 Å². The maximum atomic E-state index is 10.7. The first kappa shape index (κ1) is 23.8. The zero-order chi connectivity index (χ0) is 22.5. The zero-order valence-electron chi connectivity index (χ0n) is 15.9. The maximum Gasteiger partial charge on any atom is 0.485 e. The predicted molar refractivity (Wildman–Crippen MR) is 108 cm³/mol. The first-order valence-electron chi connectivity index (χ1n) is 8.35. The number of halogens is 4. The minimum atomic E-state index is -6.09. The fourth-order valence-electron chi connectivity index (χ4n) is 2.61. The fraction of sp³-hybridized carbons (Fsp3) is 0.150. The summed E-state index contributed by atoms with van der Waals surface area (Å²) in [5.74, 6) is 0.891. The van der Waals surface area contributed by atoms with Crippen LogP contribution in [0.1, 0.15) is 0 Å². The number of rotatable bonds is 3. The summed E-state index contributed by atoms with van der Waals surface area (Å²) in [6, 6.07) is 18.6. The van der Waals surface area contributed by atoms with Crippen molar-refractivity contribution < 1.29 is 35.4 Å². The Labute approximate surface area is 180 Å². The summed E-state index contributed by atoms with van der Waals surface area (Å²) in [7, 11) is -2.33. The Morgan fingerprint density at radius 2 is 1.47 bits per heavy atom. The smallest absolute Gasteiger partial charge is 0.485 e. The van der Waals surface area contributed by atoms with Gasteiger partial charge in [0.05, 0.1) is 18.2 Å². The molecule has 0 unspecified atom stereocenters. The second-order valence-corrected chi connectivity index (χ2v) is 8.35. The van der Waals surface area contributed by atoms with Gasteiger partial charge < -0.3 is 9.29 Å². The number of pyridine rings is 1. The van der Waals surface area contributed by atoms with Gasteiger partial charge in [-0.05, 0) is 23.3 Å². The molecule has 3 aromatic rings. The first-order valence-corrected chi connectivity index (χ1v) is 10.5. The van der Waals surface area contributed by atoms with Crippen molar-refractivity contribution in [2.45, 2.75) is 5.51 Å². The third-order valence-electron chi connectivity index (χ3n) is 3.86. The van der Waals surface area contributed by atoms with Crippen LogP contribution in [0.5, 0.6) is 5.75 Å². The molecule has 1 aromatic heterocycles. The molecule has 0 spiro atoms. The van der Waals surface area contributed by atoms with E-state index < -0.39 is 15.6 Å². The van der Waals surface area contributed by atoms with Gasteiger partial charge in [0.2, 0.25) is 0 Å². The summed E-state index contributed by atoms with van der Waals surface area (Å²) in [4.78, 5) is 0. The number of hydrogen-bond acceptors (Lipinski definition) is 4. The lowest BCUT2D eigenvalue weighted by Gasteiger charge is -2.12. The van der Waals surface area contributed by atoms with Crippen molar-refractivity contribution in [3.8, 4) is 28.0 Å². The van der Waals surface area contributed by atoms with Gasteiger partial charge in [-0.1, -0.05) is 58.4 Å². The van der Waals surface area contributed by atoms with Gasteiger partial charge in [-0.25, -0.2) is 13.0 Å². The van der Waals surface area contributed by atoms with E-state index in [0.29, 0.717) is 0 Å². The monoisotopic (exact) mass is 503 g/mol. The van der Waals surface area contributed by atoms with E-state index in [-0.39, 0.29) is 0 Å². The standard InChI is InChI=1S/C19H17BrNO.CHF3O3S/c1-21-12-17(14-7-4-3-5-8-14)19(22-2)18(13-21)15-9-6-10-16(20)11-15;2-1(3,4)8(5,6)7/h3-13H,1-2H3;(H,5,6,7)/q+1;/p-1. The molecule has 0 aliphatic rings. The second-order valence-electron chi connectivity index (χ2n) is 6.06. The Balaban J connectivity index is 0.000000343. The molecule has 0 N–H and O–H groups in total. The summed E-state index contributed by atoms with van der Waals surface area (Å²) >= 11 is 3.54. The Kier molecular flexibility index (Phi) is 7.62. The molecule has 0 fully saturated rings. The molecule has 0 atom stereocenters. The second kappa shape index (κ2) is 9.59. The van der Waals surface area contributed by atoms with Crippen LogP contribution in [0.25, 0.3) is 22.3 Å². The number of hydrogen-bond donors (Lipinski definition) is 0. The van der Waals surface area contributed by atoms with Crippen LogP contribution in [0, 0.1) is 0 Å². The van der Waals surface area contributed by atoms with Crippen LogP contribution in [0.15, 0.2) is 71.5 Å². The molecule has 0 radical (unpaired) electrons. The van der Waals surface area contributed by atoms with E-state index in [2.05, 4.69) is 57.2 Å². The largest absolute Gasteiger partial charge is 0.741 e. The van der Waals surface area contributed by atoms with Crippen LogP contribution < -0.4 is 9.30 Å². The SMILES string of the molecule is COc1c(-c2ccccc2)c[n+](C)cc1-c1cccc(Br)c1.O=S(=O)([O-])C(F)(F)F. The van der Waals surface area contributed by atoms with Crippen LogP contribution in [-0.2, 0) is 17.2 Å². The van der Waals surface area contributed by atoms with Gasteiger partial charge >= 0.3 is 5.51 Å². The predicted octanol–water partition coefficient (Wildman–Crippen LogP) is 4.67. The molecule has 30 heavy (non-hydrogen) atoms. The van der Waals surface area contributed by atoms with Crippen LogP contribution >= 0.6 is 15.9 Å². The number of nitrogens with zero attached hydrogens (tertiary/aromatic N) is 1. The molecule has 10 heteroatoms. The maximum absolute atomic E-state index is 10.7. The van der Waals surface area contributed by atoms with E-state index in [1.807, 2.05) is 37.4 Å². The summed E-state index contributed by atoms with van der Waals surface area (Å²) in [5.41, 5.74) is -1.21. The Hall–Kier alpha value is -2.43. The average Bonchev–Trinajstić information content (AvgIpc) is 2.67. The minimum absolute atomic E-state index is 0.891. The van der Waals surface area contributed by atoms with Crippen molar-refractivity contribution in [1.82, 2.24) is 0 Å². The molecule has 1 heterocycles. The molecule has 5 nitrogen and oxygen atoms in total. The van der Waals surface area contributed by atoms with Crippen LogP contribution in [0.2, 0.25) is 0 Å². The van der Waals surface area contributed by atoms with Crippen molar-refractivity contribution in [1.29, 1.82) is 0 Å². The van der Waals surface area contributed by atoms with Gasteiger partial charge in [0, 0.05) is 4.47 Å². The van der Waals surface area contributed by atoms with E-state index in [9.17, 15) is 13.2 Å². The van der Waals surface area contributed by atoms with Crippen molar-refractivity contribution in [2.75, 3.05) is 7.11 Å². The summed E-state index contributed by atoms with van der Waals surface area (Å²) in [6.07, 6.45) is 4.18. The zero-order valence-corrected chi connectivity index (χ0v) is 18.3. The van der Waals surface area contributed by atoms with Gasteiger partial charge in [0.1, 0.15) is 12.8 Å². The molecule has 0 bridgehead atoms. The highest BCUT2D eigenvalue weighted by Gasteiger charge is 2.36. The molecule has 0 saturated carbocycles. The summed E-state index contributed by atoms with van der Waals surface area (Å²) < 4.78 is 67.8. The molecule has 160 valence electrons. The van der Waals surface area contributed by atoms with Gasteiger partial charge in [-0.3, -0.25) is 0 Å². The Morgan fingerprint density at radius 3 is 1.93 bits per heavy atom. The van der Waals surface area contributed by atoms with E-state index in [1.54, 1.807) is 7.11 Å². The summed E-state index contributed by atoms with van der Waals surface area (Å²) in [6.45, 7) is 0. The lowest BCUT2D eigenvalue weighted by atomic mass is 10.00. The van der Waals surface area contributed by atoms with E-state index in [0.717, 1.165) is 32.5 Å². The number of aryl methyl sites for hydroxylation is 1. The van der Waals surface area contributed by atoms with Crippen LogP contribution in [0.3, 0.4) is 0 Å². The molecule has 2 aromatic carbocycles. The normalized spacial score (nSPS) is 11.4. The van der Waals surface area contributed by atoms with Gasteiger partial charge in [0.25, 0.3) is 0 Å². The highest BCUT2D eigenvalue weighted by atomic mass is 79.9. The molecule has 0 aliphatic carbocycles. The molecule has 0 aliphatic heterocycles. The lowest BCUT2D eigenvalue weighted by Crippen LogP contribution is -2.27. The van der Waals surface area contributed by atoms with Crippen LogP contribution in [-0.4, -0.2) is 25.6 Å². The van der Waals surface area contributed by atoms with Gasteiger partial charge in [-0.2, -0.15) is 13.2 Å². The van der Waals surface area contributed by atoms with Crippen molar-refractivity contribution in [2.24, 2.45) is 7.05 Å². The van der Waals surface area contributed by atoms with Gasteiger partial charge in [0.15, 0.2) is 22.5 Å². The van der Waals surface area contributed by atoms with Crippen molar-refractivity contribution >= 4 is 26.0 Å². The number of methoxy groups -OCH3 is 1. The Bertz CT molecular complexity index is 1120. The van der Waals surface area contributed by atoms with Crippen molar-refractivity contribution in [3.05, 3.63) is 71.5 Å². The summed E-state index contributed by atoms with van der Waals surface area (Å²) in [5, 5.41) is 0. The fourth-order valence-corrected chi connectivity index (χ4v) is 3.01. The number of ether oxygens (including phenoxy) is 1. The molecule has 0 amide bonds. The topological polar surface area (TPSA) is 70.3 Å². The highest BCUT2D eigenvalue weighted by Crippen LogP contribution is 2.37. The molecular weight excluding hydrogens is 487 g/mol. The van der Waals surface area contributed by atoms with E-state index >= 15 is 0 Å². The lowest BCUT2D eigenvalue weighted by molar-refractivity contribution is -0.670. The molecular formula is C20H17BrF3NO4S. The third kappa shape index (κ3) is 6.04. The van der Waals surface area contributed by atoms with Crippen LogP contribution in [0.4, 0.5) is 13.2 Å². The number of aromatic nitrogens is 1. The average molecular weight is 504 g/mol.